The summed E-state index contributed by atoms with van der Waals surface area (Å²) in [4.78, 5) is 13.8. The highest BCUT2D eigenvalue weighted by atomic mass is 79.9. The van der Waals surface area contributed by atoms with E-state index in [4.69, 9.17) is 0 Å². The minimum atomic E-state index is -0.475. The lowest BCUT2D eigenvalue weighted by Crippen LogP contribution is -2.44. The van der Waals surface area contributed by atoms with Gasteiger partial charge in [0.2, 0.25) is 0 Å². The quantitative estimate of drug-likeness (QED) is 0.925. The van der Waals surface area contributed by atoms with Gasteiger partial charge in [-0.25, -0.2) is 4.39 Å². The number of nitrogens with zero attached hydrogens (tertiary/aromatic N) is 1. The van der Waals surface area contributed by atoms with Crippen LogP contribution in [0.5, 0.6) is 0 Å². The van der Waals surface area contributed by atoms with Crippen molar-refractivity contribution in [3.8, 4) is 0 Å². The van der Waals surface area contributed by atoms with E-state index in [2.05, 4.69) is 21.2 Å². The first-order valence-electron chi connectivity index (χ1n) is 6.52. The second-order valence-electron chi connectivity index (χ2n) is 4.96. The first-order chi connectivity index (χ1) is 9.08. The summed E-state index contributed by atoms with van der Waals surface area (Å²) < 4.78 is 14.4. The summed E-state index contributed by atoms with van der Waals surface area (Å²) in [6.45, 7) is 1.61. The maximum Gasteiger partial charge on any atom is 0.256 e. The third-order valence-corrected chi connectivity index (χ3v) is 3.91. The second-order valence-corrected chi connectivity index (χ2v) is 5.87. The molecular formula is C14H18BrFN2O. The number of nitrogens with one attached hydrogen (secondary N) is 1. The third kappa shape index (κ3) is 3.76. The van der Waals surface area contributed by atoms with Crippen LogP contribution in [0.4, 0.5) is 4.39 Å². The predicted octanol–water partition coefficient (Wildman–Crippen LogP) is 2.80. The van der Waals surface area contributed by atoms with E-state index >= 15 is 0 Å². The van der Waals surface area contributed by atoms with Crippen molar-refractivity contribution in [2.45, 2.75) is 25.3 Å². The van der Waals surface area contributed by atoms with Gasteiger partial charge in [0.1, 0.15) is 5.82 Å². The van der Waals surface area contributed by atoms with Crippen molar-refractivity contribution in [1.29, 1.82) is 0 Å². The van der Waals surface area contributed by atoms with Gasteiger partial charge < -0.3 is 10.2 Å². The zero-order chi connectivity index (χ0) is 13.8. The van der Waals surface area contributed by atoms with Crippen LogP contribution in [0.2, 0.25) is 0 Å². The number of hydrogen-bond acceptors (Lipinski definition) is 2. The van der Waals surface area contributed by atoms with Crippen LogP contribution in [-0.4, -0.2) is 37.0 Å². The molecule has 5 heteroatoms. The topological polar surface area (TPSA) is 32.3 Å². The third-order valence-electron chi connectivity index (χ3n) is 3.41. The highest BCUT2D eigenvalue weighted by Gasteiger charge is 2.20. The van der Waals surface area contributed by atoms with Gasteiger partial charge in [0.25, 0.3) is 5.91 Å². The van der Waals surface area contributed by atoms with Crippen LogP contribution in [0, 0.1) is 5.82 Å². The molecule has 1 fully saturated rings. The van der Waals surface area contributed by atoms with Crippen molar-refractivity contribution in [3.05, 3.63) is 34.1 Å². The van der Waals surface area contributed by atoms with Crippen molar-refractivity contribution in [2.24, 2.45) is 0 Å². The van der Waals surface area contributed by atoms with Gasteiger partial charge in [-0.2, -0.15) is 0 Å². The molecule has 1 N–H and O–H groups in total. The summed E-state index contributed by atoms with van der Waals surface area (Å²) in [7, 11) is 1.72. The van der Waals surface area contributed by atoms with E-state index in [0.717, 1.165) is 13.0 Å². The molecule has 0 aromatic heterocycles. The lowest BCUT2D eigenvalue weighted by Gasteiger charge is -2.28. The van der Waals surface area contributed by atoms with E-state index in [1.807, 2.05) is 0 Å². The fourth-order valence-electron chi connectivity index (χ4n) is 2.36. The Balaban J connectivity index is 2.03. The molecule has 19 heavy (non-hydrogen) atoms. The standard InChI is InChI=1S/C14H18BrFN2O/c1-18(9-11-4-2-3-7-17-11)14(19)12-8-10(15)5-6-13(12)16/h5-6,8,11,17H,2-4,7,9H2,1H3. The van der Waals surface area contributed by atoms with E-state index in [9.17, 15) is 9.18 Å². The van der Waals surface area contributed by atoms with E-state index in [1.54, 1.807) is 18.0 Å². The van der Waals surface area contributed by atoms with Crippen LogP contribution in [-0.2, 0) is 0 Å². The number of rotatable bonds is 3. The Kier molecular flexibility index (Phi) is 4.93. The van der Waals surface area contributed by atoms with Gasteiger partial charge in [0.05, 0.1) is 5.56 Å². The maximum absolute atomic E-state index is 13.7. The minimum Gasteiger partial charge on any atom is -0.340 e. The molecule has 2 rings (SSSR count). The summed E-state index contributed by atoms with van der Waals surface area (Å²) in [5, 5.41) is 3.39. The molecule has 1 unspecified atom stereocenters. The van der Waals surface area contributed by atoms with Gasteiger partial charge in [-0.3, -0.25) is 4.79 Å². The molecule has 0 radical (unpaired) electrons. The largest absolute Gasteiger partial charge is 0.340 e. The molecule has 1 heterocycles. The van der Waals surface area contributed by atoms with Gasteiger partial charge in [-0.05, 0) is 37.6 Å². The fourth-order valence-corrected chi connectivity index (χ4v) is 2.72. The van der Waals surface area contributed by atoms with Crippen molar-refractivity contribution in [2.75, 3.05) is 20.1 Å². The molecule has 0 bridgehead atoms. The van der Waals surface area contributed by atoms with E-state index in [1.165, 1.54) is 25.0 Å². The van der Waals surface area contributed by atoms with E-state index in [0.29, 0.717) is 17.1 Å². The maximum atomic E-state index is 13.7. The van der Waals surface area contributed by atoms with Crippen LogP contribution in [0.15, 0.2) is 22.7 Å². The molecular weight excluding hydrogens is 311 g/mol. The number of likely N-dealkylation sites (N-methyl/N-ethyl adjacent to an activating group) is 1. The van der Waals surface area contributed by atoms with Gasteiger partial charge >= 0.3 is 0 Å². The summed E-state index contributed by atoms with van der Waals surface area (Å²) >= 11 is 3.26. The Hall–Kier alpha value is -0.940. The van der Waals surface area contributed by atoms with Crippen LogP contribution < -0.4 is 5.32 Å². The smallest absolute Gasteiger partial charge is 0.256 e. The molecule has 1 atom stereocenters. The zero-order valence-electron chi connectivity index (χ0n) is 11.0. The number of hydrogen-bond donors (Lipinski definition) is 1. The number of piperidine rings is 1. The van der Waals surface area contributed by atoms with Gasteiger partial charge in [0.15, 0.2) is 0 Å². The molecule has 3 nitrogen and oxygen atoms in total. The normalized spacial score (nSPS) is 19.2. The molecule has 1 amide bonds. The van der Waals surface area contributed by atoms with Crippen LogP contribution in [0.25, 0.3) is 0 Å². The lowest BCUT2D eigenvalue weighted by molar-refractivity contribution is 0.0770. The molecule has 1 aliphatic rings. The van der Waals surface area contributed by atoms with E-state index in [-0.39, 0.29) is 11.5 Å². The van der Waals surface area contributed by atoms with Crippen LogP contribution in [0.3, 0.4) is 0 Å². The molecule has 104 valence electrons. The molecule has 1 aliphatic heterocycles. The van der Waals surface area contributed by atoms with Crippen molar-refractivity contribution in [3.63, 3.8) is 0 Å². The Morgan fingerprint density at radius 3 is 3.00 bits per heavy atom. The van der Waals surface area contributed by atoms with E-state index < -0.39 is 5.82 Å². The SMILES string of the molecule is CN(CC1CCCCN1)C(=O)c1cc(Br)ccc1F. The number of carbonyl (C=O) groups is 1. The highest BCUT2D eigenvalue weighted by Crippen LogP contribution is 2.17. The van der Waals surface area contributed by atoms with Crippen molar-refractivity contribution in [1.82, 2.24) is 10.2 Å². The Morgan fingerprint density at radius 1 is 1.53 bits per heavy atom. The second kappa shape index (κ2) is 6.48. The minimum absolute atomic E-state index is 0.118. The first kappa shape index (κ1) is 14.5. The number of amides is 1. The number of halogens is 2. The average Bonchev–Trinajstić information content (AvgIpc) is 2.42. The summed E-state index contributed by atoms with van der Waals surface area (Å²) in [5.74, 6) is -0.747. The van der Waals surface area contributed by atoms with Gasteiger partial charge in [-0.1, -0.05) is 22.4 Å². The number of carbonyl (C=O) groups excluding carboxylic acids is 1. The molecule has 1 aromatic rings. The van der Waals surface area contributed by atoms with Crippen LogP contribution >= 0.6 is 15.9 Å². The lowest BCUT2D eigenvalue weighted by atomic mass is 10.0. The molecule has 1 saturated heterocycles. The average molecular weight is 329 g/mol. The monoisotopic (exact) mass is 328 g/mol. The first-order valence-corrected chi connectivity index (χ1v) is 7.31. The Morgan fingerprint density at radius 2 is 2.32 bits per heavy atom. The van der Waals surface area contributed by atoms with Gasteiger partial charge in [-0.15, -0.1) is 0 Å². The van der Waals surface area contributed by atoms with Crippen molar-refractivity contribution >= 4 is 21.8 Å². The van der Waals surface area contributed by atoms with Gasteiger partial charge in [0, 0.05) is 24.1 Å². The number of benzene rings is 1. The Labute approximate surface area is 121 Å². The van der Waals surface area contributed by atoms with Crippen LogP contribution in [0.1, 0.15) is 29.6 Å². The Bertz CT molecular complexity index is 461. The molecule has 0 saturated carbocycles. The summed E-state index contributed by atoms with van der Waals surface area (Å²) in [5.41, 5.74) is 0.118. The fraction of sp³-hybridized carbons (Fsp3) is 0.500. The zero-order valence-corrected chi connectivity index (χ0v) is 12.5. The summed E-state index contributed by atoms with van der Waals surface area (Å²) in [6.07, 6.45) is 3.44. The molecule has 0 aliphatic carbocycles. The predicted molar refractivity (Wildman–Crippen MR) is 76.7 cm³/mol. The molecule has 1 aromatic carbocycles. The van der Waals surface area contributed by atoms with Crippen molar-refractivity contribution < 1.29 is 9.18 Å². The highest BCUT2D eigenvalue weighted by molar-refractivity contribution is 9.10. The molecule has 0 spiro atoms. The summed E-state index contributed by atoms with van der Waals surface area (Å²) in [6, 6.07) is 4.75.